The van der Waals surface area contributed by atoms with Crippen molar-refractivity contribution in [3.63, 3.8) is 0 Å². The molecule has 1 saturated carbocycles. The number of sulfonamides is 1. The minimum absolute atomic E-state index is 0.0274. The molecular weight excluding hydrogens is 302 g/mol. The molecule has 0 radical (unpaired) electrons. The molecule has 1 aromatic rings. The number of carboxylic acids is 1. The van der Waals surface area contributed by atoms with Crippen LogP contribution in [0.5, 0.6) is 0 Å². The van der Waals surface area contributed by atoms with Crippen LogP contribution >= 0.6 is 11.3 Å². The van der Waals surface area contributed by atoms with Crippen molar-refractivity contribution in [2.45, 2.75) is 31.1 Å². The van der Waals surface area contributed by atoms with Crippen LogP contribution < -0.4 is 4.72 Å². The average molecular weight is 319 g/mol. The topological polar surface area (TPSA) is 104 Å². The first-order valence-corrected chi connectivity index (χ1v) is 8.59. The number of hydrogen-bond donors (Lipinski definition) is 3. The monoisotopic (exact) mass is 319 g/mol. The number of thiophene rings is 1. The molecule has 0 atom stereocenters. The highest BCUT2D eigenvalue weighted by Crippen LogP contribution is 2.48. The molecule has 112 valence electrons. The molecule has 6 nitrogen and oxygen atoms in total. The fraction of sp³-hybridized carbons (Fsp3) is 0.583. The standard InChI is InChI=1S/C12H17NO5S2/c1-8-6-19-9(11(15)16)10(8)20(17,18)13-7-12(2-3-12)4-5-14/h6,13-14H,2-5,7H2,1H3,(H,15,16). The molecule has 0 aromatic carbocycles. The van der Waals surface area contributed by atoms with Gasteiger partial charge in [-0.05, 0) is 42.5 Å². The summed E-state index contributed by atoms with van der Waals surface area (Å²) in [6, 6.07) is 0. The van der Waals surface area contributed by atoms with Crippen LogP contribution in [-0.4, -0.2) is 37.8 Å². The predicted molar refractivity (Wildman–Crippen MR) is 74.6 cm³/mol. The number of carboxylic acid groups (broad SMARTS) is 1. The predicted octanol–water partition coefficient (Wildman–Crippen LogP) is 1.20. The van der Waals surface area contributed by atoms with E-state index in [2.05, 4.69) is 4.72 Å². The Morgan fingerprint density at radius 1 is 1.50 bits per heavy atom. The molecule has 0 amide bonds. The Labute approximate surface area is 121 Å². The second kappa shape index (κ2) is 5.44. The Morgan fingerprint density at radius 2 is 2.15 bits per heavy atom. The van der Waals surface area contributed by atoms with E-state index in [0.29, 0.717) is 12.0 Å². The lowest BCUT2D eigenvalue weighted by Gasteiger charge is -2.15. The van der Waals surface area contributed by atoms with Crippen LogP contribution in [0.4, 0.5) is 0 Å². The van der Waals surface area contributed by atoms with Crippen LogP contribution in [0.15, 0.2) is 10.3 Å². The minimum Gasteiger partial charge on any atom is -0.477 e. The molecule has 1 aliphatic carbocycles. The first-order valence-electron chi connectivity index (χ1n) is 6.23. The molecule has 1 fully saturated rings. The summed E-state index contributed by atoms with van der Waals surface area (Å²) in [6.07, 6.45) is 2.32. The lowest BCUT2D eigenvalue weighted by molar-refractivity contribution is 0.0698. The average Bonchev–Trinajstić information content (AvgIpc) is 3.00. The summed E-state index contributed by atoms with van der Waals surface area (Å²) < 4.78 is 27.1. The highest BCUT2D eigenvalue weighted by Gasteiger charge is 2.43. The summed E-state index contributed by atoms with van der Waals surface area (Å²) in [4.78, 5) is 10.8. The van der Waals surface area contributed by atoms with Gasteiger partial charge in [-0.1, -0.05) is 0 Å². The number of aryl methyl sites for hydroxylation is 1. The van der Waals surface area contributed by atoms with Crippen LogP contribution in [-0.2, 0) is 10.0 Å². The third-order valence-corrected chi connectivity index (χ3v) is 6.42. The van der Waals surface area contributed by atoms with Crippen molar-refractivity contribution < 1.29 is 23.4 Å². The first-order chi connectivity index (χ1) is 9.31. The molecule has 0 spiro atoms. The maximum atomic E-state index is 12.3. The van der Waals surface area contributed by atoms with E-state index >= 15 is 0 Å². The summed E-state index contributed by atoms with van der Waals surface area (Å²) in [7, 11) is -3.84. The van der Waals surface area contributed by atoms with E-state index in [0.717, 1.165) is 24.2 Å². The second-order valence-corrected chi connectivity index (χ2v) is 7.76. The third-order valence-electron chi connectivity index (χ3n) is 3.62. The Bertz CT molecular complexity index is 616. The van der Waals surface area contributed by atoms with Gasteiger partial charge in [0.05, 0.1) is 0 Å². The van der Waals surface area contributed by atoms with Crippen LogP contribution in [0.25, 0.3) is 0 Å². The van der Waals surface area contributed by atoms with Crippen LogP contribution in [0.1, 0.15) is 34.5 Å². The Hall–Kier alpha value is -0.960. The van der Waals surface area contributed by atoms with E-state index in [9.17, 15) is 13.2 Å². The summed E-state index contributed by atoms with van der Waals surface area (Å²) in [6.45, 7) is 1.85. The molecular formula is C12H17NO5S2. The maximum Gasteiger partial charge on any atom is 0.347 e. The number of rotatable bonds is 7. The highest BCUT2D eigenvalue weighted by molar-refractivity contribution is 7.89. The first kappa shape index (κ1) is 15.4. The molecule has 8 heteroatoms. The van der Waals surface area contributed by atoms with E-state index in [1.807, 2.05) is 0 Å². The highest BCUT2D eigenvalue weighted by atomic mass is 32.2. The molecule has 0 aliphatic heterocycles. The molecule has 1 aromatic heterocycles. The van der Waals surface area contributed by atoms with Crippen molar-refractivity contribution in [2.75, 3.05) is 13.2 Å². The zero-order chi connectivity index (χ0) is 15.0. The second-order valence-electron chi connectivity index (χ2n) is 5.18. The number of carbonyl (C=O) groups is 1. The zero-order valence-electron chi connectivity index (χ0n) is 11.0. The van der Waals surface area contributed by atoms with E-state index < -0.39 is 16.0 Å². The minimum atomic E-state index is -3.84. The molecule has 3 N–H and O–H groups in total. The van der Waals surface area contributed by atoms with Crippen molar-refractivity contribution in [3.05, 3.63) is 15.8 Å². The van der Waals surface area contributed by atoms with Gasteiger partial charge < -0.3 is 10.2 Å². The number of aliphatic hydroxyl groups excluding tert-OH is 1. The van der Waals surface area contributed by atoms with Gasteiger partial charge in [-0.25, -0.2) is 17.9 Å². The molecule has 0 bridgehead atoms. The fourth-order valence-corrected chi connectivity index (χ4v) is 4.95. The van der Waals surface area contributed by atoms with Gasteiger partial charge >= 0.3 is 5.97 Å². The van der Waals surface area contributed by atoms with E-state index in [-0.39, 0.29) is 28.3 Å². The van der Waals surface area contributed by atoms with Gasteiger partial charge in [0, 0.05) is 13.2 Å². The van der Waals surface area contributed by atoms with E-state index in [1.165, 1.54) is 5.38 Å². The summed E-state index contributed by atoms with van der Waals surface area (Å²) >= 11 is 0.912. The normalized spacial score (nSPS) is 17.1. The molecule has 2 rings (SSSR count). The van der Waals surface area contributed by atoms with Crippen molar-refractivity contribution >= 4 is 27.3 Å². The number of aliphatic hydroxyl groups is 1. The van der Waals surface area contributed by atoms with Crippen LogP contribution in [0.2, 0.25) is 0 Å². The van der Waals surface area contributed by atoms with Gasteiger partial charge in [0.15, 0.2) is 0 Å². The Morgan fingerprint density at radius 3 is 2.65 bits per heavy atom. The SMILES string of the molecule is Cc1csc(C(=O)O)c1S(=O)(=O)NCC1(CCO)CC1. The van der Waals surface area contributed by atoms with Crippen LogP contribution in [0.3, 0.4) is 0 Å². The van der Waals surface area contributed by atoms with Crippen LogP contribution in [0, 0.1) is 12.3 Å². The summed E-state index contributed by atoms with van der Waals surface area (Å²) in [5.74, 6) is -1.24. The zero-order valence-corrected chi connectivity index (χ0v) is 12.7. The van der Waals surface area contributed by atoms with Gasteiger partial charge in [-0.2, -0.15) is 0 Å². The quantitative estimate of drug-likeness (QED) is 0.700. The molecule has 0 unspecified atom stereocenters. The molecule has 20 heavy (non-hydrogen) atoms. The summed E-state index contributed by atoms with van der Waals surface area (Å²) in [5, 5.41) is 19.5. The lowest BCUT2D eigenvalue weighted by atomic mass is 10.0. The number of aromatic carboxylic acids is 1. The number of hydrogen-bond acceptors (Lipinski definition) is 5. The third kappa shape index (κ3) is 3.03. The van der Waals surface area contributed by atoms with Crippen molar-refractivity contribution in [3.8, 4) is 0 Å². The fourth-order valence-electron chi connectivity index (χ4n) is 2.16. The largest absolute Gasteiger partial charge is 0.477 e. The van der Waals surface area contributed by atoms with Gasteiger partial charge in [-0.3, -0.25) is 0 Å². The van der Waals surface area contributed by atoms with E-state index in [4.69, 9.17) is 10.2 Å². The molecule has 0 saturated heterocycles. The molecule has 1 heterocycles. The Kier molecular flexibility index (Phi) is 4.19. The smallest absolute Gasteiger partial charge is 0.347 e. The van der Waals surface area contributed by atoms with E-state index in [1.54, 1.807) is 6.92 Å². The van der Waals surface area contributed by atoms with Gasteiger partial charge in [-0.15, -0.1) is 11.3 Å². The maximum absolute atomic E-state index is 12.3. The van der Waals surface area contributed by atoms with Gasteiger partial charge in [0.1, 0.15) is 9.77 Å². The lowest BCUT2D eigenvalue weighted by Crippen LogP contribution is -2.31. The van der Waals surface area contributed by atoms with Gasteiger partial charge in [0.25, 0.3) is 0 Å². The molecule has 1 aliphatic rings. The van der Waals surface area contributed by atoms with Crippen molar-refractivity contribution in [1.29, 1.82) is 0 Å². The Balaban J connectivity index is 2.19. The van der Waals surface area contributed by atoms with Gasteiger partial charge in [0.2, 0.25) is 10.0 Å². The van der Waals surface area contributed by atoms with Crippen molar-refractivity contribution in [2.24, 2.45) is 5.41 Å². The number of nitrogens with one attached hydrogen (secondary N) is 1. The summed E-state index contributed by atoms with van der Waals surface area (Å²) in [5.41, 5.74) is 0.279. The van der Waals surface area contributed by atoms with Crippen molar-refractivity contribution in [1.82, 2.24) is 4.72 Å².